The van der Waals surface area contributed by atoms with Crippen molar-refractivity contribution in [3.63, 3.8) is 0 Å². The maximum Gasteiger partial charge on any atom is 0.0832 e. The highest BCUT2D eigenvalue weighted by atomic mass is 35.5. The van der Waals surface area contributed by atoms with Gasteiger partial charge in [0.1, 0.15) is 0 Å². The molecule has 1 saturated heterocycles. The summed E-state index contributed by atoms with van der Waals surface area (Å²) in [4.78, 5) is 4.84. The molecular formula is C16H19Cl2N3. The van der Waals surface area contributed by atoms with Gasteiger partial charge in [0.15, 0.2) is 0 Å². The van der Waals surface area contributed by atoms with Crippen molar-refractivity contribution in [1.29, 1.82) is 0 Å². The minimum atomic E-state index is 0.591. The number of nitrogens with zero attached hydrogens (tertiary/aromatic N) is 3. The van der Waals surface area contributed by atoms with Gasteiger partial charge in [0.25, 0.3) is 0 Å². The van der Waals surface area contributed by atoms with Crippen LogP contribution in [0, 0.1) is 0 Å². The van der Waals surface area contributed by atoms with Crippen LogP contribution in [0.5, 0.6) is 0 Å². The van der Waals surface area contributed by atoms with Gasteiger partial charge in [0, 0.05) is 44.6 Å². The molecule has 0 atom stereocenters. The topological polar surface area (TPSA) is 11.4 Å². The first kappa shape index (κ1) is 14.9. The average Bonchev–Trinajstić information content (AvgIpc) is 2.92. The quantitative estimate of drug-likeness (QED) is 0.856. The van der Waals surface area contributed by atoms with Gasteiger partial charge in [-0.2, -0.15) is 0 Å². The van der Waals surface area contributed by atoms with Crippen LogP contribution in [0.25, 0.3) is 5.69 Å². The monoisotopic (exact) mass is 323 g/mol. The number of rotatable bonds is 3. The van der Waals surface area contributed by atoms with Crippen LogP contribution in [0.3, 0.4) is 0 Å². The summed E-state index contributed by atoms with van der Waals surface area (Å²) in [6.07, 6.45) is 2.04. The van der Waals surface area contributed by atoms with E-state index in [1.54, 1.807) is 0 Å². The fourth-order valence-corrected chi connectivity index (χ4v) is 3.08. The molecule has 0 radical (unpaired) electrons. The third-order valence-electron chi connectivity index (χ3n) is 4.01. The minimum absolute atomic E-state index is 0.591. The molecule has 0 spiro atoms. The summed E-state index contributed by atoms with van der Waals surface area (Å²) in [5, 5.41) is 1.20. The van der Waals surface area contributed by atoms with Gasteiger partial charge in [-0.05, 0) is 31.3 Å². The normalized spacial score (nSPS) is 17.3. The van der Waals surface area contributed by atoms with Crippen LogP contribution in [0.1, 0.15) is 5.69 Å². The smallest absolute Gasteiger partial charge is 0.0832 e. The van der Waals surface area contributed by atoms with Crippen molar-refractivity contribution < 1.29 is 0 Å². The maximum absolute atomic E-state index is 6.35. The molecule has 2 heterocycles. The van der Waals surface area contributed by atoms with E-state index in [9.17, 15) is 0 Å². The zero-order chi connectivity index (χ0) is 14.8. The molecule has 2 aromatic rings. The molecule has 3 rings (SSSR count). The molecule has 3 nitrogen and oxygen atoms in total. The Labute approximate surface area is 135 Å². The molecule has 0 unspecified atom stereocenters. The molecule has 1 aliphatic heterocycles. The molecule has 5 heteroatoms. The highest BCUT2D eigenvalue weighted by Crippen LogP contribution is 2.29. The van der Waals surface area contributed by atoms with Crippen molar-refractivity contribution in [2.24, 2.45) is 0 Å². The summed E-state index contributed by atoms with van der Waals surface area (Å²) in [6.45, 7) is 5.39. The Hall–Kier alpha value is -1.000. The van der Waals surface area contributed by atoms with Crippen molar-refractivity contribution >= 4 is 23.2 Å². The van der Waals surface area contributed by atoms with Crippen molar-refractivity contribution in [2.45, 2.75) is 6.54 Å². The molecule has 0 saturated carbocycles. The first-order valence-electron chi connectivity index (χ1n) is 7.16. The molecule has 0 aliphatic carbocycles. The van der Waals surface area contributed by atoms with Crippen LogP contribution < -0.4 is 0 Å². The van der Waals surface area contributed by atoms with Gasteiger partial charge < -0.3 is 9.47 Å². The SMILES string of the molecule is CN1CCN(Cc2cccn2-c2cccc(Cl)c2Cl)CC1. The van der Waals surface area contributed by atoms with E-state index in [-0.39, 0.29) is 0 Å². The van der Waals surface area contributed by atoms with Crippen LogP contribution in [0.2, 0.25) is 10.0 Å². The van der Waals surface area contributed by atoms with Crippen LogP contribution >= 0.6 is 23.2 Å². The van der Waals surface area contributed by atoms with Crippen LogP contribution in [-0.4, -0.2) is 47.6 Å². The maximum atomic E-state index is 6.35. The largest absolute Gasteiger partial charge is 0.318 e. The molecule has 21 heavy (non-hydrogen) atoms. The van der Waals surface area contributed by atoms with Crippen molar-refractivity contribution in [2.75, 3.05) is 33.2 Å². The average molecular weight is 324 g/mol. The summed E-state index contributed by atoms with van der Waals surface area (Å²) in [5.74, 6) is 0. The molecular weight excluding hydrogens is 305 g/mol. The molecule has 1 aromatic carbocycles. The van der Waals surface area contributed by atoms with Crippen molar-refractivity contribution in [3.8, 4) is 5.69 Å². The number of hydrogen-bond acceptors (Lipinski definition) is 2. The first-order valence-corrected chi connectivity index (χ1v) is 7.92. The molecule has 0 bridgehead atoms. The Morgan fingerprint density at radius 2 is 1.76 bits per heavy atom. The van der Waals surface area contributed by atoms with E-state index in [1.165, 1.54) is 5.69 Å². The van der Waals surface area contributed by atoms with E-state index in [0.29, 0.717) is 10.0 Å². The Morgan fingerprint density at radius 3 is 2.52 bits per heavy atom. The second-order valence-electron chi connectivity index (χ2n) is 5.52. The number of likely N-dealkylation sites (N-methyl/N-ethyl adjacent to an activating group) is 1. The van der Waals surface area contributed by atoms with Gasteiger partial charge in [-0.3, -0.25) is 4.90 Å². The number of hydrogen-bond donors (Lipinski definition) is 0. The Bertz CT molecular complexity index is 616. The highest BCUT2D eigenvalue weighted by Gasteiger charge is 2.16. The van der Waals surface area contributed by atoms with Gasteiger partial charge in [-0.15, -0.1) is 0 Å². The molecule has 1 fully saturated rings. The lowest BCUT2D eigenvalue weighted by Crippen LogP contribution is -2.44. The summed E-state index contributed by atoms with van der Waals surface area (Å²) in [7, 11) is 2.17. The lowest BCUT2D eigenvalue weighted by Gasteiger charge is -2.32. The van der Waals surface area contributed by atoms with E-state index in [2.05, 4.69) is 33.5 Å². The van der Waals surface area contributed by atoms with Crippen molar-refractivity contribution in [3.05, 3.63) is 52.3 Å². The molecule has 0 N–H and O–H groups in total. The molecule has 0 amide bonds. The van der Waals surface area contributed by atoms with Gasteiger partial charge in [-0.25, -0.2) is 0 Å². The van der Waals surface area contributed by atoms with E-state index in [0.717, 1.165) is 38.4 Å². The van der Waals surface area contributed by atoms with Crippen LogP contribution in [0.15, 0.2) is 36.5 Å². The van der Waals surface area contributed by atoms with E-state index in [4.69, 9.17) is 23.2 Å². The number of aromatic nitrogens is 1. The lowest BCUT2D eigenvalue weighted by atomic mass is 10.2. The zero-order valence-corrected chi connectivity index (χ0v) is 13.6. The Kier molecular flexibility index (Phi) is 4.55. The second-order valence-corrected chi connectivity index (χ2v) is 6.31. The third-order valence-corrected chi connectivity index (χ3v) is 4.81. The summed E-state index contributed by atoms with van der Waals surface area (Å²) < 4.78 is 2.13. The molecule has 1 aromatic heterocycles. The van der Waals surface area contributed by atoms with E-state index < -0.39 is 0 Å². The van der Waals surface area contributed by atoms with E-state index in [1.807, 2.05) is 24.4 Å². The number of benzene rings is 1. The van der Waals surface area contributed by atoms with Gasteiger partial charge in [-0.1, -0.05) is 29.3 Å². The predicted octanol–water partition coefficient (Wildman–Crippen LogP) is 3.53. The Morgan fingerprint density at radius 1 is 1.00 bits per heavy atom. The van der Waals surface area contributed by atoms with Crippen LogP contribution in [0.4, 0.5) is 0 Å². The fourth-order valence-electron chi connectivity index (χ4n) is 2.69. The third kappa shape index (κ3) is 3.27. The van der Waals surface area contributed by atoms with Crippen LogP contribution in [-0.2, 0) is 6.54 Å². The minimum Gasteiger partial charge on any atom is -0.318 e. The fraction of sp³-hybridized carbons (Fsp3) is 0.375. The summed E-state index contributed by atoms with van der Waals surface area (Å²) >= 11 is 12.5. The van der Waals surface area contributed by atoms with Gasteiger partial charge in [0.05, 0.1) is 15.7 Å². The standard InChI is InChI=1S/C16H19Cl2N3/c1-19-8-10-20(11-9-19)12-13-4-3-7-21(13)15-6-2-5-14(17)16(15)18/h2-7H,8-12H2,1H3. The predicted molar refractivity (Wildman–Crippen MR) is 88.6 cm³/mol. The Balaban J connectivity index is 1.82. The van der Waals surface area contributed by atoms with E-state index >= 15 is 0 Å². The van der Waals surface area contributed by atoms with Crippen molar-refractivity contribution in [1.82, 2.24) is 14.4 Å². The van der Waals surface area contributed by atoms with Gasteiger partial charge >= 0.3 is 0 Å². The molecule has 1 aliphatic rings. The summed E-state index contributed by atoms with van der Waals surface area (Å²) in [5.41, 5.74) is 2.18. The zero-order valence-electron chi connectivity index (χ0n) is 12.1. The number of halogens is 2. The lowest BCUT2D eigenvalue weighted by molar-refractivity contribution is 0.146. The second kappa shape index (κ2) is 6.41. The summed E-state index contributed by atoms with van der Waals surface area (Å²) in [6, 6.07) is 9.96. The first-order chi connectivity index (χ1) is 10.1. The molecule has 112 valence electrons. The highest BCUT2D eigenvalue weighted by molar-refractivity contribution is 6.43. The number of piperazine rings is 1. The van der Waals surface area contributed by atoms with Gasteiger partial charge in [0.2, 0.25) is 0 Å².